The number of aromatic nitrogens is 2. The molecule has 2 heterocycles. The summed E-state index contributed by atoms with van der Waals surface area (Å²) in [4.78, 5) is 15.0. The van der Waals surface area contributed by atoms with Gasteiger partial charge < -0.3 is 20.3 Å². The molecule has 3 N–H and O–H groups in total. The number of ether oxygens (including phenoxy) is 2. The highest BCUT2D eigenvalue weighted by Crippen LogP contribution is 2.42. The molecule has 0 saturated carbocycles. The van der Waals surface area contributed by atoms with Crippen LogP contribution in [-0.4, -0.2) is 39.4 Å². The van der Waals surface area contributed by atoms with Crippen LogP contribution in [0.25, 0.3) is 0 Å². The molecule has 21 heavy (non-hydrogen) atoms. The number of rotatable bonds is 4. The summed E-state index contributed by atoms with van der Waals surface area (Å²) >= 11 is 0. The molecule has 0 aliphatic carbocycles. The van der Waals surface area contributed by atoms with Gasteiger partial charge in [0.05, 0.1) is 6.26 Å². The first-order valence-corrected chi connectivity index (χ1v) is 6.16. The van der Waals surface area contributed by atoms with E-state index in [9.17, 15) is 18.7 Å². The Balaban J connectivity index is 2.25. The van der Waals surface area contributed by atoms with E-state index in [-0.39, 0.29) is 12.4 Å². The van der Waals surface area contributed by atoms with Gasteiger partial charge in [-0.15, -0.1) is 0 Å². The van der Waals surface area contributed by atoms with Crippen LogP contribution in [0.4, 0.5) is 14.6 Å². The lowest BCUT2D eigenvalue weighted by Gasteiger charge is -2.20. The number of hydrogen-bond donors (Lipinski definition) is 2. The molecule has 1 aromatic rings. The monoisotopic (exact) mass is 303 g/mol. The highest BCUT2D eigenvalue weighted by molar-refractivity contribution is 5.23. The Morgan fingerprint density at radius 3 is 3.00 bits per heavy atom. The highest BCUT2D eigenvalue weighted by Gasteiger charge is 2.59. The largest absolute Gasteiger partial charge is 0.499 e. The second kappa shape index (κ2) is 5.78. The maximum absolute atomic E-state index is 14.1. The second-order valence-corrected chi connectivity index (χ2v) is 4.49. The molecular weight excluding hydrogens is 288 g/mol. The van der Waals surface area contributed by atoms with Gasteiger partial charge in [-0.3, -0.25) is 4.57 Å². The number of nitrogens with zero attached hydrogens (tertiary/aromatic N) is 2. The molecular formula is C12H15F2N3O4. The molecule has 1 unspecified atom stereocenters. The smallest absolute Gasteiger partial charge is 0.351 e. The van der Waals surface area contributed by atoms with E-state index < -0.39 is 30.0 Å². The minimum atomic E-state index is -3.66. The van der Waals surface area contributed by atoms with E-state index in [0.717, 1.165) is 6.20 Å². The number of anilines is 1. The van der Waals surface area contributed by atoms with Crippen LogP contribution in [0.3, 0.4) is 0 Å². The SMILES string of the molecule is CC=COC[C@H]1O[C@@H](n2ccc(N)nc2=O)C(F)(F)C1O. The summed E-state index contributed by atoms with van der Waals surface area (Å²) in [7, 11) is 0. The van der Waals surface area contributed by atoms with Gasteiger partial charge in [0.15, 0.2) is 6.10 Å². The Morgan fingerprint density at radius 1 is 1.67 bits per heavy atom. The fourth-order valence-corrected chi connectivity index (χ4v) is 1.96. The van der Waals surface area contributed by atoms with Gasteiger partial charge in [-0.05, 0) is 13.0 Å². The summed E-state index contributed by atoms with van der Waals surface area (Å²) in [6.45, 7) is 1.41. The molecule has 7 nitrogen and oxygen atoms in total. The molecule has 0 amide bonds. The number of aliphatic hydroxyl groups is 1. The van der Waals surface area contributed by atoms with E-state index in [0.29, 0.717) is 4.57 Å². The van der Waals surface area contributed by atoms with Gasteiger partial charge in [0, 0.05) is 6.20 Å². The molecule has 0 radical (unpaired) electrons. The van der Waals surface area contributed by atoms with Gasteiger partial charge in [-0.1, -0.05) is 6.08 Å². The summed E-state index contributed by atoms with van der Waals surface area (Å²) in [6, 6.07) is 1.19. The fourth-order valence-electron chi connectivity index (χ4n) is 1.96. The first kappa shape index (κ1) is 15.4. The standard InChI is InChI=1S/C12H15F2N3O4/c1-2-5-20-6-7-9(18)12(13,14)10(21-7)17-4-3-8(15)16-11(17)19/h2-5,7,9-10,18H,6H2,1H3,(H2,15,16,19)/t7-,9?,10-/m1/s1. The van der Waals surface area contributed by atoms with Crippen LogP contribution in [-0.2, 0) is 9.47 Å². The van der Waals surface area contributed by atoms with Crippen molar-refractivity contribution in [1.82, 2.24) is 9.55 Å². The van der Waals surface area contributed by atoms with Crippen LogP contribution in [0.2, 0.25) is 0 Å². The number of alkyl halides is 2. The fraction of sp³-hybridized carbons (Fsp3) is 0.500. The van der Waals surface area contributed by atoms with Crippen LogP contribution >= 0.6 is 0 Å². The number of allylic oxidation sites excluding steroid dienone is 1. The molecule has 1 saturated heterocycles. The van der Waals surface area contributed by atoms with Crippen molar-refractivity contribution >= 4 is 5.82 Å². The van der Waals surface area contributed by atoms with Crippen molar-refractivity contribution in [2.75, 3.05) is 12.3 Å². The van der Waals surface area contributed by atoms with Crippen molar-refractivity contribution in [2.24, 2.45) is 0 Å². The molecule has 9 heteroatoms. The molecule has 1 aliphatic rings. The highest BCUT2D eigenvalue weighted by atomic mass is 19.3. The van der Waals surface area contributed by atoms with Gasteiger partial charge in [-0.25, -0.2) is 4.79 Å². The number of halogens is 2. The predicted octanol–water partition coefficient (Wildman–Crippen LogP) is 0.269. The molecule has 116 valence electrons. The van der Waals surface area contributed by atoms with E-state index in [1.165, 1.54) is 12.3 Å². The topological polar surface area (TPSA) is 99.6 Å². The van der Waals surface area contributed by atoms with E-state index in [1.54, 1.807) is 13.0 Å². The Bertz CT molecular complexity index is 590. The average molecular weight is 303 g/mol. The molecule has 0 spiro atoms. The van der Waals surface area contributed by atoms with E-state index in [4.69, 9.17) is 15.2 Å². The Morgan fingerprint density at radius 2 is 2.38 bits per heavy atom. The van der Waals surface area contributed by atoms with Crippen molar-refractivity contribution < 1.29 is 23.4 Å². The van der Waals surface area contributed by atoms with Crippen LogP contribution in [0, 0.1) is 0 Å². The molecule has 0 aromatic carbocycles. The normalized spacial score (nSPS) is 28.1. The van der Waals surface area contributed by atoms with Gasteiger partial charge in [0.25, 0.3) is 0 Å². The van der Waals surface area contributed by atoms with Crippen LogP contribution < -0.4 is 11.4 Å². The third-order valence-electron chi connectivity index (χ3n) is 2.98. The number of hydrogen-bond acceptors (Lipinski definition) is 6. The molecule has 2 rings (SSSR count). The molecule has 1 aliphatic heterocycles. The van der Waals surface area contributed by atoms with Gasteiger partial charge in [0.1, 0.15) is 18.5 Å². The lowest BCUT2D eigenvalue weighted by Crippen LogP contribution is -2.41. The van der Waals surface area contributed by atoms with Crippen LogP contribution in [0.15, 0.2) is 29.4 Å². The minimum Gasteiger partial charge on any atom is -0.499 e. The lowest BCUT2D eigenvalue weighted by molar-refractivity contribution is -0.141. The van der Waals surface area contributed by atoms with Crippen molar-refractivity contribution in [3.63, 3.8) is 0 Å². The summed E-state index contributed by atoms with van der Waals surface area (Å²) in [5.41, 5.74) is 4.32. The maximum atomic E-state index is 14.1. The van der Waals surface area contributed by atoms with Crippen molar-refractivity contribution in [3.8, 4) is 0 Å². The lowest BCUT2D eigenvalue weighted by atomic mass is 10.1. The molecule has 0 bridgehead atoms. The first-order valence-electron chi connectivity index (χ1n) is 6.16. The van der Waals surface area contributed by atoms with Crippen molar-refractivity contribution in [1.29, 1.82) is 0 Å². The van der Waals surface area contributed by atoms with Crippen LogP contribution in [0.5, 0.6) is 0 Å². The number of aliphatic hydroxyl groups excluding tert-OH is 1. The van der Waals surface area contributed by atoms with Crippen LogP contribution in [0.1, 0.15) is 13.2 Å². The zero-order chi connectivity index (χ0) is 15.6. The second-order valence-electron chi connectivity index (χ2n) is 4.49. The van der Waals surface area contributed by atoms with E-state index >= 15 is 0 Å². The molecule has 3 atom stereocenters. The quantitative estimate of drug-likeness (QED) is 0.775. The Kier molecular flexibility index (Phi) is 4.24. The molecule has 1 aromatic heterocycles. The van der Waals surface area contributed by atoms with Gasteiger partial charge in [-0.2, -0.15) is 13.8 Å². The summed E-state index contributed by atoms with van der Waals surface area (Å²) in [5, 5.41) is 9.65. The third kappa shape index (κ3) is 2.88. The summed E-state index contributed by atoms with van der Waals surface area (Å²) in [6.07, 6.45) is -1.44. The van der Waals surface area contributed by atoms with E-state index in [2.05, 4.69) is 4.98 Å². The predicted molar refractivity (Wildman–Crippen MR) is 68.5 cm³/mol. The number of nitrogens with two attached hydrogens (primary N) is 1. The summed E-state index contributed by atoms with van der Waals surface area (Å²) in [5.74, 6) is -3.75. The summed E-state index contributed by atoms with van der Waals surface area (Å²) < 4.78 is 38.7. The van der Waals surface area contributed by atoms with Gasteiger partial charge >= 0.3 is 11.6 Å². The zero-order valence-electron chi connectivity index (χ0n) is 11.1. The first-order chi connectivity index (χ1) is 9.87. The maximum Gasteiger partial charge on any atom is 0.351 e. The van der Waals surface area contributed by atoms with E-state index in [1.807, 2.05) is 0 Å². The molecule has 1 fully saturated rings. The zero-order valence-corrected chi connectivity index (χ0v) is 11.1. The third-order valence-corrected chi connectivity index (χ3v) is 2.98. The Hall–Kier alpha value is -2.00. The van der Waals surface area contributed by atoms with Crippen molar-refractivity contribution in [2.45, 2.75) is 31.3 Å². The average Bonchev–Trinajstić information content (AvgIpc) is 2.63. The Labute approximate surface area is 118 Å². The minimum absolute atomic E-state index is 0.0916. The van der Waals surface area contributed by atoms with Crippen molar-refractivity contribution in [3.05, 3.63) is 35.1 Å². The number of nitrogen functional groups attached to an aromatic ring is 1. The van der Waals surface area contributed by atoms with Gasteiger partial charge in [0.2, 0.25) is 6.23 Å².